The fourth-order valence-electron chi connectivity index (χ4n) is 3.68. The third-order valence-corrected chi connectivity index (χ3v) is 5.14. The molecule has 1 aromatic carbocycles. The van der Waals surface area contributed by atoms with Gasteiger partial charge in [0, 0.05) is 29.6 Å². The van der Waals surface area contributed by atoms with Crippen LogP contribution in [0.5, 0.6) is 0 Å². The second kappa shape index (κ2) is 6.58. The zero-order chi connectivity index (χ0) is 18.2. The number of carbonyl (C=O) groups excluding carboxylic acids is 1. The quantitative estimate of drug-likeness (QED) is 0.838. The Morgan fingerprint density at radius 3 is 2.48 bits per heavy atom. The Hall–Kier alpha value is -2.24. The van der Waals surface area contributed by atoms with Crippen molar-refractivity contribution in [3.05, 3.63) is 52.3 Å². The van der Waals surface area contributed by atoms with Crippen LogP contribution in [0, 0.1) is 25.5 Å². The minimum Gasteiger partial charge on any atom is -0.355 e. The third-order valence-electron chi connectivity index (χ3n) is 5.14. The molecule has 25 heavy (non-hydrogen) atoms. The number of aryl methyl sites for hydroxylation is 2. The molecule has 3 rings (SSSR count). The van der Waals surface area contributed by atoms with Crippen LogP contribution >= 0.6 is 0 Å². The van der Waals surface area contributed by atoms with Gasteiger partial charge in [-0.15, -0.1) is 0 Å². The van der Waals surface area contributed by atoms with E-state index in [1.807, 2.05) is 20.8 Å². The summed E-state index contributed by atoms with van der Waals surface area (Å²) in [5.74, 6) is -1.16. The van der Waals surface area contributed by atoms with Gasteiger partial charge in [0.15, 0.2) is 0 Å². The molecule has 1 heterocycles. The van der Waals surface area contributed by atoms with Crippen molar-refractivity contribution in [1.82, 2.24) is 15.5 Å². The molecular weight excluding hydrogens is 324 g/mol. The summed E-state index contributed by atoms with van der Waals surface area (Å²) in [6, 6.07) is 3.90. The highest BCUT2D eigenvalue weighted by atomic mass is 19.1. The minimum absolute atomic E-state index is 0.0269. The Kier molecular flexibility index (Phi) is 4.62. The summed E-state index contributed by atoms with van der Waals surface area (Å²) < 4.78 is 28.1. The number of amides is 1. The van der Waals surface area contributed by atoms with Gasteiger partial charge in [-0.1, -0.05) is 13.0 Å². The van der Waals surface area contributed by atoms with E-state index in [4.69, 9.17) is 0 Å². The van der Waals surface area contributed by atoms with E-state index >= 15 is 0 Å². The second-order valence-electron chi connectivity index (χ2n) is 7.11. The second-order valence-corrected chi connectivity index (χ2v) is 7.11. The number of carbonyl (C=O) groups is 1. The Balaban J connectivity index is 1.63. The Morgan fingerprint density at radius 1 is 1.32 bits per heavy atom. The number of hydrogen-bond donors (Lipinski definition) is 2. The van der Waals surface area contributed by atoms with Crippen molar-refractivity contribution in [1.29, 1.82) is 0 Å². The summed E-state index contributed by atoms with van der Waals surface area (Å²) in [5.41, 5.74) is 2.41. The van der Waals surface area contributed by atoms with Crippen LogP contribution in [-0.2, 0) is 10.2 Å². The van der Waals surface area contributed by atoms with Crippen molar-refractivity contribution in [2.24, 2.45) is 0 Å². The highest BCUT2D eigenvalue weighted by Crippen LogP contribution is 2.49. The van der Waals surface area contributed by atoms with E-state index < -0.39 is 17.0 Å². The fourth-order valence-corrected chi connectivity index (χ4v) is 3.68. The van der Waals surface area contributed by atoms with Crippen molar-refractivity contribution in [3.63, 3.8) is 0 Å². The van der Waals surface area contributed by atoms with Gasteiger partial charge in [-0.05, 0) is 50.3 Å². The number of rotatable bonds is 6. The van der Waals surface area contributed by atoms with Crippen LogP contribution in [0.1, 0.15) is 54.6 Å². The number of halogens is 2. The van der Waals surface area contributed by atoms with Gasteiger partial charge in [-0.3, -0.25) is 9.89 Å². The predicted molar refractivity (Wildman–Crippen MR) is 91.4 cm³/mol. The lowest BCUT2D eigenvalue weighted by Crippen LogP contribution is -2.33. The summed E-state index contributed by atoms with van der Waals surface area (Å²) in [6.45, 7) is 6.09. The first-order chi connectivity index (χ1) is 11.8. The molecule has 1 amide bonds. The van der Waals surface area contributed by atoms with Gasteiger partial charge in [-0.25, -0.2) is 8.78 Å². The number of aromatic nitrogens is 2. The molecule has 0 unspecified atom stereocenters. The van der Waals surface area contributed by atoms with Gasteiger partial charge in [-0.2, -0.15) is 5.10 Å². The maximum Gasteiger partial charge on any atom is 0.220 e. The summed E-state index contributed by atoms with van der Waals surface area (Å²) in [5, 5.41) is 9.95. The average Bonchev–Trinajstić information content (AvgIpc) is 3.24. The molecule has 1 aromatic heterocycles. The molecule has 134 valence electrons. The number of nitrogens with zero attached hydrogens (tertiary/aromatic N) is 1. The van der Waals surface area contributed by atoms with E-state index in [1.54, 1.807) is 0 Å². The number of hydrogen-bond acceptors (Lipinski definition) is 2. The predicted octanol–water partition coefficient (Wildman–Crippen LogP) is 3.65. The van der Waals surface area contributed by atoms with Crippen LogP contribution < -0.4 is 5.32 Å². The third kappa shape index (κ3) is 3.43. The molecule has 6 heteroatoms. The molecule has 0 radical (unpaired) electrons. The first-order valence-electron chi connectivity index (χ1n) is 8.57. The molecule has 0 saturated heterocycles. The van der Waals surface area contributed by atoms with Gasteiger partial charge in [0.05, 0.1) is 5.69 Å². The monoisotopic (exact) mass is 347 g/mol. The summed E-state index contributed by atoms with van der Waals surface area (Å²) >= 11 is 0. The van der Waals surface area contributed by atoms with Crippen LogP contribution in [0.3, 0.4) is 0 Å². The lowest BCUT2D eigenvalue weighted by Gasteiger charge is -2.19. The molecule has 2 N–H and O–H groups in total. The number of nitrogens with one attached hydrogen (secondary N) is 2. The molecule has 1 fully saturated rings. The first-order valence-corrected chi connectivity index (χ1v) is 8.57. The SMILES string of the molecule is Cc1n[nH]c(C)c1[C@H](C)CC(=O)NCC1(c2c(F)cccc2F)CC1. The molecular formula is C19H23F2N3O. The standard InChI is InChI=1S/C19H23F2N3O/c1-11(17-12(2)23-24-13(17)3)9-16(25)22-10-19(7-8-19)18-14(20)5-4-6-15(18)21/h4-6,11H,7-10H2,1-3H3,(H,22,25)(H,23,24)/t11-/m1/s1. The number of H-pyrrole nitrogens is 1. The molecule has 4 nitrogen and oxygen atoms in total. The van der Waals surface area contributed by atoms with Crippen LogP contribution in [0.15, 0.2) is 18.2 Å². The van der Waals surface area contributed by atoms with Crippen LogP contribution in [0.4, 0.5) is 8.78 Å². The molecule has 2 aromatic rings. The fraction of sp³-hybridized carbons (Fsp3) is 0.474. The summed E-state index contributed by atoms with van der Waals surface area (Å²) in [6.07, 6.45) is 1.68. The van der Waals surface area contributed by atoms with E-state index in [1.165, 1.54) is 18.2 Å². The van der Waals surface area contributed by atoms with Crippen LogP contribution in [-0.4, -0.2) is 22.6 Å². The van der Waals surface area contributed by atoms with Crippen LogP contribution in [0.2, 0.25) is 0 Å². The molecule has 0 aliphatic heterocycles. The van der Waals surface area contributed by atoms with Crippen molar-refractivity contribution >= 4 is 5.91 Å². The van der Waals surface area contributed by atoms with E-state index in [-0.39, 0.29) is 23.9 Å². The normalized spacial score (nSPS) is 16.5. The molecule has 0 bridgehead atoms. The average molecular weight is 347 g/mol. The van der Waals surface area contributed by atoms with E-state index in [9.17, 15) is 13.6 Å². The van der Waals surface area contributed by atoms with Crippen molar-refractivity contribution in [2.75, 3.05) is 6.54 Å². The van der Waals surface area contributed by atoms with E-state index in [0.717, 1.165) is 17.0 Å². The summed E-state index contributed by atoms with van der Waals surface area (Å²) in [7, 11) is 0. The smallest absolute Gasteiger partial charge is 0.220 e. The molecule has 1 aliphatic rings. The molecule has 0 spiro atoms. The lowest BCUT2D eigenvalue weighted by atomic mass is 9.93. The zero-order valence-electron chi connectivity index (χ0n) is 14.7. The van der Waals surface area contributed by atoms with Crippen LogP contribution in [0.25, 0.3) is 0 Å². The van der Waals surface area contributed by atoms with Crippen molar-refractivity contribution in [2.45, 2.75) is 51.4 Å². The number of benzene rings is 1. The molecule has 1 aliphatic carbocycles. The van der Waals surface area contributed by atoms with E-state index in [0.29, 0.717) is 19.3 Å². The Morgan fingerprint density at radius 2 is 1.96 bits per heavy atom. The van der Waals surface area contributed by atoms with Gasteiger partial charge in [0.25, 0.3) is 0 Å². The topological polar surface area (TPSA) is 57.8 Å². The van der Waals surface area contributed by atoms with Gasteiger partial charge < -0.3 is 5.32 Å². The maximum atomic E-state index is 14.0. The lowest BCUT2D eigenvalue weighted by molar-refractivity contribution is -0.121. The van der Waals surface area contributed by atoms with E-state index in [2.05, 4.69) is 15.5 Å². The van der Waals surface area contributed by atoms with Crippen molar-refractivity contribution in [3.8, 4) is 0 Å². The zero-order valence-corrected chi connectivity index (χ0v) is 14.7. The largest absolute Gasteiger partial charge is 0.355 e. The Bertz CT molecular complexity index is 756. The highest BCUT2D eigenvalue weighted by Gasteiger charge is 2.48. The van der Waals surface area contributed by atoms with Gasteiger partial charge in [0.2, 0.25) is 5.91 Å². The first kappa shape index (κ1) is 17.6. The van der Waals surface area contributed by atoms with Gasteiger partial charge >= 0.3 is 0 Å². The molecule has 1 saturated carbocycles. The maximum absolute atomic E-state index is 14.0. The summed E-state index contributed by atoms with van der Waals surface area (Å²) in [4.78, 5) is 12.3. The van der Waals surface area contributed by atoms with Crippen molar-refractivity contribution < 1.29 is 13.6 Å². The number of aromatic amines is 1. The molecule has 1 atom stereocenters. The van der Waals surface area contributed by atoms with Gasteiger partial charge in [0.1, 0.15) is 11.6 Å². The highest BCUT2D eigenvalue weighted by molar-refractivity contribution is 5.77. The minimum atomic E-state index is -0.601. The Labute approximate surface area is 146 Å².